The van der Waals surface area contributed by atoms with Crippen LogP contribution in [0.2, 0.25) is 0 Å². The Bertz CT molecular complexity index is 614. The number of nitrogens with zero attached hydrogens (tertiary/aromatic N) is 1. The minimum Gasteiger partial charge on any atom is -0.493 e. The van der Waals surface area contributed by atoms with Crippen LogP contribution in [0.15, 0.2) is 42.6 Å². The van der Waals surface area contributed by atoms with Gasteiger partial charge in [0.2, 0.25) is 0 Å². The molecule has 0 aliphatic carbocycles. The summed E-state index contributed by atoms with van der Waals surface area (Å²) in [5.41, 5.74) is 1.68. The van der Waals surface area contributed by atoms with Crippen molar-refractivity contribution in [2.45, 2.75) is 6.54 Å². The predicted molar refractivity (Wildman–Crippen MR) is 78.4 cm³/mol. The summed E-state index contributed by atoms with van der Waals surface area (Å²) in [5, 5.41) is 0. The lowest BCUT2D eigenvalue weighted by molar-refractivity contribution is 0.111. The lowest BCUT2D eigenvalue weighted by Gasteiger charge is -2.07. The van der Waals surface area contributed by atoms with Crippen molar-refractivity contribution in [2.75, 3.05) is 14.2 Å². The van der Waals surface area contributed by atoms with Gasteiger partial charge in [0.15, 0.2) is 17.8 Å². The van der Waals surface area contributed by atoms with Crippen LogP contribution in [0.25, 0.3) is 6.08 Å². The normalized spacial score (nSPS) is 10.7. The number of carbonyl (C=O) groups excluding carboxylic acids is 1. The van der Waals surface area contributed by atoms with Crippen LogP contribution >= 0.6 is 0 Å². The van der Waals surface area contributed by atoms with E-state index >= 15 is 0 Å². The van der Waals surface area contributed by atoms with Crippen LogP contribution in [0.4, 0.5) is 0 Å². The molecule has 20 heavy (non-hydrogen) atoms. The van der Waals surface area contributed by atoms with Crippen molar-refractivity contribution in [2.24, 2.45) is 0 Å². The molecule has 4 heteroatoms. The molecule has 0 saturated carbocycles. The van der Waals surface area contributed by atoms with Gasteiger partial charge in [-0.1, -0.05) is 18.2 Å². The summed E-state index contributed by atoms with van der Waals surface area (Å²) in [6, 6.07) is 9.37. The first kappa shape index (κ1) is 13.9. The second-order valence-electron chi connectivity index (χ2n) is 4.22. The van der Waals surface area contributed by atoms with Crippen molar-refractivity contribution in [1.29, 1.82) is 0 Å². The average Bonchev–Trinajstić information content (AvgIpc) is 2.94. The van der Waals surface area contributed by atoms with E-state index in [2.05, 4.69) is 0 Å². The fraction of sp³-hybridized carbons (Fsp3) is 0.188. The zero-order valence-corrected chi connectivity index (χ0v) is 11.6. The largest absolute Gasteiger partial charge is 0.493 e. The molecule has 0 spiro atoms. The number of allylic oxidation sites excluding steroid dienone is 1. The molecule has 2 rings (SSSR count). The van der Waals surface area contributed by atoms with Gasteiger partial charge < -0.3 is 14.0 Å². The first-order valence-corrected chi connectivity index (χ1v) is 6.27. The van der Waals surface area contributed by atoms with Crippen LogP contribution in [0.1, 0.15) is 16.1 Å². The Labute approximate surface area is 118 Å². The van der Waals surface area contributed by atoms with Crippen LogP contribution in [-0.2, 0) is 6.54 Å². The molecule has 104 valence electrons. The number of ether oxygens (including phenoxy) is 2. The minimum absolute atomic E-state index is 0.648. The highest BCUT2D eigenvalue weighted by Crippen LogP contribution is 2.27. The van der Waals surface area contributed by atoms with Crippen LogP contribution in [0.3, 0.4) is 0 Å². The summed E-state index contributed by atoms with van der Waals surface area (Å²) >= 11 is 0. The van der Waals surface area contributed by atoms with Gasteiger partial charge in [0.05, 0.1) is 19.9 Å². The van der Waals surface area contributed by atoms with Gasteiger partial charge in [0.1, 0.15) is 0 Å². The van der Waals surface area contributed by atoms with Crippen molar-refractivity contribution < 1.29 is 14.3 Å². The fourth-order valence-corrected chi connectivity index (χ4v) is 1.96. The number of aldehydes is 1. The smallest absolute Gasteiger partial charge is 0.166 e. The molecule has 1 aromatic heterocycles. The van der Waals surface area contributed by atoms with E-state index in [1.807, 2.05) is 47.2 Å². The summed E-state index contributed by atoms with van der Waals surface area (Å²) in [6.45, 7) is 0.648. The monoisotopic (exact) mass is 271 g/mol. The zero-order valence-electron chi connectivity index (χ0n) is 11.6. The number of aromatic nitrogens is 1. The quantitative estimate of drug-likeness (QED) is 0.758. The molecule has 0 saturated heterocycles. The Morgan fingerprint density at radius 3 is 2.65 bits per heavy atom. The third-order valence-corrected chi connectivity index (χ3v) is 3.01. The van der Waals surface area contributed by atoms with E-state index < -0.39 is 0 Å². The van der Waals surface area contributed by atoms with Gasteiger partial charge >= 0.3 is 0 Å². The molecule has 0 atom stereocenters. The highest BCUT2D eigenvalue weighted by molar-refractivity contribution is 5.72. The maximum atomic E-state index is 10.8. The number of hydrogen-bond acceptors (Lipinski definition) is 3. The third-order valence-electron chi connectivity index (χ3n) is 3.01. The Morgan fingerprint density at radius 2 is 1.95 bits per heavy atom. The summed E-state index contributed by atoms with van der Waals surface area (Å²) in [7, 11) is 3.22. The third kappa shape index (κ3) is 3.09. The van der Waals surface area contributed by atoms with Crippen molar-refractivity contribution in [3.8, 4) is 11.5 Å². The molecule has 0 fully saturated rings. The second kappa shape index (κ2) is 6.61. The van der Waals surface area contributed by atoms with Crippen LogP contribution in [0.5, 0.6) is 11.5 Å². The number of rotatable bonds is 6. The highest BCUT2D eigenvalue weighted by atomic mass is 16.5. The number of carbonyl (C=O) groups is 1. The lowest BCUT2D eigenvalue weighted by Crippen LogP contribution is -1.97. The first-order valence-electron chi connectivity index (χ1n) is 6.27. The Morgan fingerprint density at radius 1 is 1.15 bits per heavy atom. The molecule has 0 aliphatic heterocycles. The molecule has 0 amide bonds. The van der Waals surface area contributed by atoms with E-state index in [9.17, 15) is 4.79 Å². The molecule has 0 radical (unpaired) electrons. The summed E-state index contributed by atoms with van der Waals surface area (Å²) in [6.07, 6.45) is 6.71. The maximum Gasteiger partial charge on any atom is 0.166 e. The van der Waals surface area contributed by atoms with E-state index in [0.29, 0.717) is 23.7 Å². The van der Waals surface area contributed by atoms with E-state index in [1.54, 1.807) is 20.3 Å². The van der Waals surface area contributed by atoms with Crippen LogP contribution < -0.4 is 9.47 Å². The second-order valence-corrected chi connectivity index (χ2v) is 4.22. The van der Waals surface area contributed by atoms with Gasteiger partial charge in [-0.3, -0.25) is 4.79 Å². The highest BCUT2D eigenvalue weighted by Gasteiger charge is 2.02. The first-order chi connectivity index (χ1) is 9.78. The molecule has 2 aromatic rings. The van der Waals surface area contributed by atoms with E-state index in [4.69, 9.17) is 9.47 Å². The SMILES string of the molecule is COc1ccc(/C=C/Cn2cccc2C=O)cc1OC. The van der Waals surface area contributed by atoms with Crippen molar-refractivity contribution in [1.82, 2.24) is 4.57 Å². The van der Waals surface area contributed by atoms with Crippen molar-refractivity contribution >= 4 is 12.4 Å². The zero-order chi connectivity index (χ0) is 14.4. The molecule has 0 unspecified atom stereocenters. The fourth-order valence-electron chi connectivity index (χ4n) is 1.96. The lowest BCUT2D eigenvalue weighted by atomic mass is 10.2. The van der Waals surface area contributed by atoms with Gasteiger partial charge in [-0.15, -0.1) is 0 Å². The van der Waals surface area contributed by atoms with Gasteiger partial charge in [-0.2, -0.15) is 0 Å². The van der Waals surface area contributed by atoms with Gasteiger partial charge in [0.25, 0.3) is 0 Å². The molecular formula is C16H17NO3. The predicted octanol–water partition coefficient (Wildman–Crippen LogP) is 3.03. The van der Waals surface area contributed by atoms with Crippen LogP contribution in [0, 0.1) is 0 Å². The van der Waals surface area contributed by atoms with Gasteiger partial charge in [0, 0.05) is 12.7 Å². The molecule has 1 heterocycles. The van der Waals surface area contributed by atoms with Crippen molar-refractivity contribution in [3.05, 3.63) is 53.9 Å². The summed E-state index contributed by atoms with van der Waals surface area (Å²) in [4.78, 5) is 10.8. The number of hydrogen-bond donors (Lipinski definition) is 0. The van der Waals surface area contributed by atoms with E-state index in [1.165, 1.54) is 0 Å². The molecular weight excluding hydrogens is 254 g/mol. The van der Waals surface area contributed by atoms with Gasteiger partial charge in [-0.05, 0) is 29.8 Å². The Balaban J connectivity index is 2.10. The molecule has 0 N–H and O–H groups in total. The number of methoxy groups -OCH3 is 2. The molecule has 0 bridgehead atoms. The van der Waals surface area contributed by atoms with Crippen LogP contribution in [-0.4, -0.2) is 25.1 Å². The average molecular weight is 271 g/mol. The molecule has 4 nitrogen and oxygen atoms in total. The standard InChI is InChI=1S/C16H17NO3/c1-19-15-8-7-13(11-16(15)20-2)5-3-9-17-10-4-6-14(17)12-18/h3-8,10-12H,9H2,1-2H3/b5-3+. The number of benzene rings is 1. The molecule has 1 aromatic carbocycles. The molecule has 0 aliphatic rings. The van der Waals surface area contributed by atoms with E-state index in [-0.39, 0.29) is 0 Å². The Hall–Kier alpha value is -2.49. The summed E-state index contributed by atoms with van der Waals surface area (Å²) < 4.78 is 12.3. The Kier molecular flexibility index (Phi) is 4.60. The van der Waals surface area contributed by atoms with Gasteiger partial charge in [-0.25, -0.2) is 0 Å². The van der Waals surface area contributed by atoms with E-state index in [0.717, 1.165) is 11.8 Å². The van der Waals surface area contributed by atoms with Crippen molar-refractivity contribution in [3.63, 3.8) is 0 Å². The topological polar surface area (TPSA) is 40.5 Å². The summed E-state index contributed by atoms with van der Waals surface area (Å²) in [5.74, 6) is 1.41. The maximum absolute atomic E-state index is 10.8. The minimum atomic E-state index is 0.648.